The molecule has 144 valence electrons. The van der Waals surface area contributed by atoms with Crippen LogP contribution in [-0.4, -0.2) is 43.8 Å². The van der Waals surface area contributed by atoms with E-state index in [9.17, 15) is 4.79 Å². The molecule has 1 aliphatic heterocycles. The number of nitrogens with one attached hydrogen (secondary N) is 1. The predicted molar refractivity (Wildman–Crippen MR) is 112 cm³/mol. The van der Waals surface area contributed by atoms with E-state index in [2.05, 4.69) is 20.4 Å². The van der Waals surface area contributed by atoms with Crippen molar-refractivity contribution >= 4 is 34.4 Å². The lowest BCUT2D eigenvalue weighted by molar-refractivity contribution is 0.181. The number of urea groups is 1. The van der Waals surface area contributed by atoms with E-state index < -0.39 is 0 Å². The molecule has 0 saturated carbocycles. The number of carbonyl (C=O) groups excluding carboxylic acids is 1. The van der Waals surface area contributed by atoms with Crippen molar-refractivity contribution in [1.82, 2.24) is 24.6 Å². The molecule has 0 spiro atoms. The normalized spacial score (nSPS) is 13.3. The molecule has 0 atom stereocenters. The number of nitrogens with zero attached hydrogens (tertiary/aromatic N) is 5. The van der Waals surface area contributed by atoms with Crippen LogP contribution in [0, 0.1) is 0 Å². The fourth-order valence-electron chi connectivity index (χ4n) is 3.20. The van der Waals surface area contributed by atoms with Crippen molar-refractivity contribution in [2.75, 3.05) is 18.4 Å². The maximum absolute atomic E-state index is 12.2. The first kappa shape index (κ1) is 17.6. The second-order valence-electron chi connectivity index (χ2n) is 6.86. The van der Waals surface area contributed by atoms with Crippen LogP contribution in [0.4, 0.5) is 10.5 Å². The number of hydrogen-bond donors (Lipinski definition) is 1. The second-order valence-corrected chi connectivity index (χ2v) is 7.27. The summed E-state index contributed by atoms with van der Waals surface area (Å²) in [6.45, 7) is 1.59. The molecule has 0 radical (unpaired) electrons. The maximum atomic E-state index is 12.2. The average molecular weight is 405 g/mol. The van der Waals surface area contributed by atoms with Gasteiger partial charge in [-0.05, 0) is 42.8 Å². The third kappa shape index (κ3) is 3.40. The van der Waals surface area contributed by atoms with Gasteiger partial charge in [0.05, 0.1) is 16.4 Å². The molecule has 29 heavy (non-hydrogen) atoms. The Bertz CT molecular complexity index is 1200. The lowest BCUT2D eigenvalue weighted by atomic mass is 10.1. The number of benzene rings is 1. The summed E-state index contributed by atoms with van der Waals surface area (Å²) in [4.78, 5) is 22.8. The molecule has 3 aromatic heterocycles. The predicted octanol–water partition coefficient (Wildman–Crippen LogP) is 4.37. The molecule has 8 heteroatoms. The lowest BCUT2D eigenvalue weighted by Crippen LogP contribution is -2.44. The quantitative estimate of drug-likeness (QED) is 0.550. The van der Waals surface area contributed by atoms with Gasteiger partial charge in [0.2, 0.25) is 0 Å². The minimum Gasteiger partial charge on any atom is -0.324 e. The summed E-state index contributed by atoms with van der Waals surface area (Å²) in [6.07, 6.45) is 6.43. The molecule has 1 N–H and O–H groups in total. The molecule has 1 aromatic carbocycles. The summed E-state index contributed by atoms with van der Waals surface area (Å²) in [6, 6.07) is 13.0. The molecule has 4 heterocycles. The lowest BCUT2D eigenvalue weighted by Gasteiger charge is -2.30. The first-order chi connectivity index (χ1) is 14.2. The topological polar surface area (TPSA) is 75.9 Å². The van der Waals surface area contributed by atoms with E-state index in [1.807, 2.05) is 36.5 Å². The molecular weight excluding hydrogens is 388 g/mol. The van der Waals surface area contributed by atoms with Crippen LogP contribution in [0.1, 0.15) is 6.42 Å². The van der Waals surface area contributed by atoms with E-state index in [1.165, 1.54) is 0 Å². The van der Waals surface area contributed by atoms with Crippen LogP contribution in [0.2, 0.25) is 5.02 Å². The van der Waals surface area contributed by atoms with Gasteiger partial charge in [-0.1, -0.05) is 17.7 Å². The van der Waals surface area contributed by atoms with E-state index in [-0.39, 0.29) is 6.03 Å². The molecule has 0 aliphatic carbocycles. The second kappa shape index (κ2) is 7.18. The smallest absolute Gasteiger partial charge is 0.321 e. The SMILES string of the molecule is O=C(Nc1ccc(Cl)c(-n2cc3cc(-c4ccccn4)cnc3n2)c1)N1CCC1. The van der Waals surface area contributed by atoms with Crippen molar-refractivity contribution < 1.29 is 4.79 Å². The largest absolute Gasteiger partial charge is 0.324 e. The summed E-state index contributed by atoms with van der Waals surface area (Å²) in [5, 5.41) is 8.85. The molecule has 5 rings (SSSR count). The summed E-state index contributed by atoms with van der Waals surface area (Å²) < 4.78 is 1.68. The minimum absolute atomic E-state index is 0.100. The number of carbonyl (C=O) groups is 1. The van der Waals surface area contributed by atoms with Gasteiger partial charge in [-0.25, -0.2) is 14.5 Å². The molecular formula is C21H17ClN6O. The zero-order chi connectivity index (χ0) is 19.8. The third-order valence-corrected chi connectivity index (χ3v) is 5.23. The number of anilines is 1. The summed E-state index contributed by atoms with van der Waals surface area (Å²) >= 11 is 6.41. The molecule has 0 bridgehead atoms. The van der Waals surface area contributed by atoms with Crippen LogP contribution < -0.4 is 5.32 Å². The monoisotopic (exact) mass is 404 g/mol. The van der Waals surface area contributed by atoms with Gasteiger partial charge < -0.3 is 10.2 Å². The standard InChI is InChI=1S/C21H17ClN6O/c22-17-6-5-16(25-21(29)27-8-3-9-27)11-19(17)28-13-15-10-14(12-24-20(15)26-28)18-4-1-2-7-23-18/h1-2,4-7,10-13H,3,8-9H2,(H,25,29). The van der Waals surface area contributed by atoms with Crippen molar-refractivity contribution in [3.63, 3.8) is 0 Å². The Balaban J connectivity index is 1.48. The van der Waals surface area contributed by atoms with Crippen LogP contribution in [0.25, 0.3) is 28.0 Å². The summed E-state index contributed by atoms with van der Waals surface area (Å²) in [5.41, 5.74) is 3.71. The Morgan fingerprint density at radius 1 is 1.10 bits per heavy atom. The number of likely N-dealkylation sites (tertiary alicyclic amines) is 1. The van der Waals surface area contributed by atoms with Gasteiger partial charge in [0.15, 0.2) is 5.65 Å². The van der Waals surface area contributed by atoms with E-state index in [1.54, 1.807) is 34.1 Å². The van der Waals surface area contributed by atoms with Gasteiger partial charge in [0.25, 0.3) is 0 Å². The number of rotatable bonds is 3. The number of aromatic nitrogens is 4. The highest BCUT2D eigenvalue weighted by atomic mass is 35.5. The fourth-order valence-corrected chi connectivity index (χ4v) is 3.40. The maximum Gasteiger partial charge on any atom is 0.321 e. The fraction of sp³-hybridized carbons (Fsp3) is 0.143. The molecule has 0 unspecified atom stereocenters. The number of fused-ring (bicyclic) bond motifs is 1. The number of halogens is 1. The van der Waals surface area contributed by atoms with Crippen LogP contribution in [0.5, 0.6) is 0 Å². The van der Waals surface area contributed by atoms with Gasteiger partial charge in [-0.3, -0.25) is 4.98 Å². The molecule has 1 fully saturated rings. The molecule has 1 saturated heterocycles. The molecule has 2 amide bonds. The van der Waals surface area contributed by atoms with Crippen molar-refractivity contribution in [1.29, 1.82) is 0 Å². The van der Waals surface area contributed by atoms with Crippen molar-refractivity contribution in [3.8, 4) is 16.9 Å². The van der Waals surface area contributed by atoms with E-state index in [0.717, 1.165) is 36.2 Å². The number of hydrogen-bond acceptors (Lipinski definition) is 4. The highest BCUT2D eigenvalue weighted by molar-refractivity contribution is 6.32. The number of amides is 2. The van der Waals surface area contributed by atoms with Gasteiger partial charge in [0.1, 0.15) is 0 Å². The highest BCUT2D eigenvalue weighted by Crippen LogP contribution is 2.27. The van der Waals surface area contributed by atoms with Crippen molar-refractivity contribution in [3.05, 3.63) is 66.1 Å². The van der Waals surface area contributed by atoms with Crippen LogP contribution >= 0.6 is 11.6 Å². The summed E-state index contributed by atoms with van der Waals surface area (Å²) in [7, 11) is 0. The van der Waals surface area contributed by atoms with Crippen LogP contribution in [-0.2, 0) is 0 Å². The summed E-state index contributed by atoms with van der Waals surface area (Å²) in [5.74, 6) is 0. The van der Waals surface area contributed by atoms with Crippen molar-refractivity contribution in [2.45, 2.75) is 6.42 Å². The average Bonchev–Trinajstić information content (AvgIpc) is 3.12. The first-order valence-corrected chi connectivity index (χ1v) is 9.68. The number of pyridine rings is 2. The highest BCUT2D eigenvalue weighted by Gasteiger charge is 2.20. The molecule has 4 aromatic rings. The first-order valence-electron chi connectivity index (χ1n) is 9.30. The molecule has 1 aliphatic rings. The zero-order valence-corrected chi connectivity index (χ0v) is 16.2. The van der Waals surface area contributed by atoms with Crippen LogP contribution in [0.3, 0.4) is 0 Å². The minimum atomic E-state index is -0.100. The van der Waals surface area contributed by atoms with E-state index >= 15 is 0 Å². The van der Waals surface area contributed by atoms with Crippen LogP contribution in [0.15, 0.2) is 61.1 Å². The van der Waals surface area contributed by atoms with E-state index in [0.29, 0.717) is 22.0 Å². The Kier molecular flexibility index (Phi) is 4.37. The molecule has 7 nitrogen and oxygen atoms in total. The van der Waals surface area contributed by atoms with Crippen molar-refractivity contribution in [2.24, 2.45) is 0 Å². The van der Waals surface area contributed by atoms with Gasteiger partial charge in [0, 0.05) is 48.3 Å². The zero-order valence-electron chi connectivity index (χ0n) is 15.4. The van der Waals surface area contributed by atoms with Gasteiger partial charge in [-0.2, -0.15) is 0 Å². The Labute approximate surface area is 172 Å². The Morgan fingerprint density at radius 2 is 2.00 bits per heavy atom. The Hall–Kier alpha value is -3.45. The van der Waals surface area contributed by atoms with E-state index in [4.69, 9.17) is 11.6 Å². The Morgan fingerprint density at radius 3 is 2.76 bits per heavy atom. The third-order valence-electron chi connectivity index (χ3n) is 4.91. The van der Waals surface area contributed by atoms with Gasteiger partial charge in [-0.15, -0.1) is 5.10 Å². The van der Waals surface area contributed by atoms with Gasteiger partial charge >= 0.3 is 6.03 Å².